The summed E-state index contributed by atoms with van der Waals surface area (Å²) in [6, 6.07) is 13.2. The molecule has 0 aliphatic heterocycles. The first-order valence-electron chi connectivity index (χ1n) is 7.72. The Bertz CT molecular complexity index is 698. The molecule has 2 aromatic carbocycles. The van der Waals surface area contributed by atoms with Gasteiger partial charge in [0.2, 0.25) is 0 Å². The number of benzene rings is 2. The maximum Gasteiger partial charge on any atom is 0.319 e. The van der Waals surface area contributed by atoms with E-state index in [9.17, 15) is 4.79 Å². The quantitative estimate of drug-likeness (QED) is 0.666. The molecule has 0 fully saturated rings. The highest BCUT2D eigenvalue weighted by Gasteiger charge is 2.12. The van der Waals surface area contributed by atoms with Crippen LogP contribution in [0.25, 0.3) is 0 Å². The molecule has 0 saturated heterocycles. The number of amides is 2. The molecule has 0 heterocycles. The van der Waals surface area contributed by atoms with Gasteiger partial charge in [-0.25, -0.2) is 4.79 Å². The molecule has 0 atom stereocenters. The van der Waals surface area contributed by atoms with Crippen LogP contribution in [-0.2, 0) is 5.75 Å². The second kappa shape index (κ2) is 10.1. The average molecular weight is 381 g/mol. The van der Waals surface area contributed by atoms with Gasteiger partial charge in [-0.3, -0.25) is 0 Å². The Morgan fingerprint density at radius 3 is 2.52 bits per heavy atom. The second-order valence-corrected chi connectivity index (χ2v) is 6.62. The smallest absolute Gasteiger partial charge is 0.319 e. The summed E-state index contributed by atoms with van der Waals surface area (Å²) < 4.78 is 10.4. The molecule has 0 spiro atoms. The number of thioether (sulfide) groups is 1. The second-order valence-electron chi connectivity index (χ2n) is 5.11. The molecule has 0 aliphatic rings. The fourth-order valence-corrected chi connectivity index (χ4v) is 3.18. The van der Waals surface area contributed by atoms with Crippen LogP contribution < -0.4 is 20.1 Å². The monoisotopic (exact) mass is 380 g/mol. The van der Waals surface area contributed by atoms with E-state index in [1.54, 1.807) is 23.9 Å². The summed E-state index contributed by atoms with van der Waals surface area (Å²) in [5, 5.41) is 5.95. The largest absolute Gasteiger partial charge is 0.495 e. The number of carbonyl (C=O) groups excluding carboxylic acids is 1. The SMILES string of the molecule is COc1cc(OC)c(NC(=O)NCCSCc2ccccc2)cc1Cl. The van der Waals surface area contributed by atoms with Crippen LogP contribution in [0.4, 0.5) is 10.5 Å². The molecule has 5 nitrogen and oxygen atoms in total. The maximum absolute atomic E-state index is 12.0. The van der Waals surface area contributed by atoms with Gasteiger partial charge in [-0.1, -0.05) is 41.9 Å². The zero-order chi connectivity index (χ0) is 18.1. The van der Waals surface area contributed by atoms with Gasteiger partial charge >= 0.3 is 6.03 Å². The highest BCUT2D eigenvalue weighted by Crippen LogP contribution is 2.35. The predicted molar refractivity (Wildman–Crippen MR) is 104 cm³/mol. The van der Waals surface area contributed by atoms with E-state index < -0.39 is 0 Å². The summed E-state index contributed by atoms with van der Waals surface area (Å²) >= 11 is 7.85. The lowest BCUT2D eigenvalue weighted by atomic mass is 10.2. The van der Waals surface area contributed by atoms with Gasteiger partial charge < -0.3 is 20.1 Å². The van der Waals surface area contributed by atoms with Crippen LogP contribution in [0.5, 0.6) is 11.5 Å². The van der Waals surface area contributed by atoms with Crippen molar-refractivity contribution in [2.24, 2.45) is 0 Å². The molecule has 134 valence electrons. The fourth-order valence-electron chi connectivity index (χ4n) is 2.13. The summed E-state index contributed by atoms with van der Waals surface area (Å²) in [5.74, 6) is 2.71. The van der Waals surface area contributed by atoms with Crippen molar-refractivity contribution in [1.82, 2.24) is 5.32 Å². The van der Waals surface area contributed by atoms with Crippen molar-refractivity contribution in [1.29, 1.82) is 0 Å². The highest BCUT2D eigenvalue weighted by atomic mass is 35.5. The Morgan fingerprint density at radius 2 is 1.84 bits per heavy atom. The highest BCUT2D eigenvalue weighted by molar-refractivity contribution is 7.98. The van der Waals surface area contributed by atoms with Crippen LogP contribution >= 0.6 is 23.4 Å². The molecular weight excluding hydrogens is 360 g/mol. The zero-order valence-electron chi connectivity index (χ0n) is 14.2. The minimum atomic E-state index is -0.306. The molecule has 2 amide bonds. The van der Waals surface area contributed by atoms with Gasteiger partial charge in [-0.15, -0.1) is 0 Å². The summed E-state index contributed by atoms with van der Waals surface area (Å²) in [4.78, 5) is 12.0. The standard InChI is InChI=1S/C18H21ClN2O3S/c1-23-16-11-17(24-2)15(10-14(16)19)21-18(22)20-8-9-25-12-13-6-4-3-5-7-13/h3-7,10-11H,8-9,12H2,1-2H3,(H2,20,21,22). The Labute approximate surface area is 157 Å². The number of urea groups is 1. The first-order chi connectivity index (χ1) is 12.1. The van der Waals surface area contributed by atoms with E-state index in [0.29, 0.717) is 28.8 Å². The van der Waals surface area contributed by atoms with Gasteiger partial charge in [0.05, 0.1) is 24.9 Å². The maximum atomic E-state index is 12.0. The van der Waals surface area contributed by atoms with E-state index >= 15 is 0 Å². The van der Waals surface area contributed by atoms with E-state index in [1.807, 2.05) is 18.2 Å². The number of methoxy groups -OCH3 is 2. The van der Waals surface area contributed by atoms with Crippen molar-refractivity contribution < 1.29 is 14.3 Å². The first kappa shape index (κ1) is 19.3. The number of rotatable bonds is 8. The van der Waals surface area contributed by atoms with Gasteiger partial charge in [0.1, 0.15) is 11.5 Å². The Kier molecular flexibility index (Phi) is 7.76. The van der Waals surface area contributed by atoms with E-state index in [2.05, 4.69) is 22.8 Å². The van der Waals surface area contributed by atoms with Crippen LogP contribution in [0.1, 0.15) is 5.56 Å². The predicted octanol–water partition coefficient (Wildman–Crippen LogP) is 4.41. The summed E-state index contributed by atoms with van der Waals surface area (Å²) in [6.07, 6.45) is 0. The Morgan fingerprint density at radius 1 is 1.12 bits per heavy atom. The number of nitrogens with one attached hydrogen (secondary N) is 2. The normalized spacial score (nSPS) is 10.2. The Balaban J connectivity index is 1.77. The molecule has 2 aromatic rings. The van der Waals surface area contributed by atoms with Crippen molar-refractivity contribution in [2.45, 2.75) is 5.75 Å². The molecule has 0 unspecified atom stereocenters. The lowest BCUT2D eigenvalue weighted by molar-refractivity contribution is 0.252. The molecule has 0 bridgehead atoms. The molecule has 7 heteroatoms. The molecule has 2 N–H and O–H groups in total. The molecule has 0 aliphatic carbocycles. The number of anilines is 1. The van der Waals surface area contributed by atoms with Gasteiger partial charge in [0.15, 0.2) is 0 Å². The molecule has 25 heavy (non-hydrogen) atoms. The van der Waals surface area contributed by atoms with Crippen molar-refractivity contribution in [3.8, 4) is 11.5 Å². The molecule has 0 saturated carbocycles. The number of hydrogen-bond donors (Lipinski definition) is 2. The van der Waals surface area contributed by atoms with Crippen molar-refractivity contribution in [2.75, 3.05) is 31.8 Å². The lowest BCUT2D eigenvalue weighted by Crippen LogP contribution is -2.30. The summed E-state index contributed by atoms with van der Waals surface area (Å²) in [7, 11) is 3.04. The van der Waals surface area contributed by atoms with Crippen molar-refractivity contribution in [3.63, 3.8) is 0 Å². The molecular formula is C18H21ClN2O3S. The first-order valence-corrected chi connectivity index (χ1v) is 9.25. The van der Waals surface area contributed by atoms with Crippen molar-refractivity contribution >= 4 is 35.1 Å². The van der Waals surface area contributed by atoms with E-state index in [1.165, 1.54) is 19.8 Å². The van der Waals surface area contributed by atoms with Gasteiger partial charge in [-0.05, 0) is 11.6 Å². The lowest BCUT2D eigenvalue weighted by Gasteiger charge is -2.13. The fraction of sp³-hybridized carbons (Fsp3) is 0.278. The summed E-state index contributed by atoms with van der Waals surface area (Å²) in [6.45, 7) is 0.565. The Hall–Kier alpha value is -2.05. The van der Waals surface area contributed by atoms with E-state index in [-0.39, 0.29) is 6.03 Å². The van der Waals surface area contributed by atoms with Crippen molar-refractivity contribution in [3.05, 3.63) is 53.1 Å². The van der Waals surface area contributed by atoms with E-state index in [4.69, 9.17) is 21.1 Å². The number of hydrogen-bond acceptors (Lipinski definition) is 4. The van der Waals surface area contributed by atoms with Gasteiger partial charge in [0, 0.05) is 24.1 Å². The minimum Gasteiger partial charge on any atom is -0.495 e. The summed E-state index contributed by atoms with van der Waals surface area (Å²) in [5.41, 5.74) is 1.76. The molecule has 0 radical (unpaired) electrons. The van der Waals surface area contributed by atoms with Crippen LogP contribution in [0, 0.1) is 0 Å². The molecule has 2 rings (SSSR count). The zero-order valence-corrected chi connectivity index (χ0v) is 15.7. The number of carbonyl (C=O) groups is 1. The topological polar surface area (TPSA) is 59.6 Å². The van der Waals surface area contributed by atoms with Crippen LogP contribution in [0.15, 0.2) is 42.5 Å². The van der Waals surface area contributed by atoms with Gasteiger partial charge in [0.25, 0.3) is 0 Å². The van der Waals surface area contributed by atoms with Crippen LogP contribution in [0.2, 0.25) is 5.02 Å². The van der Waals surface area contributed by atoms with Gasteiger partial charge in [-0.2, -0.15) is 11.8 Å². The van der Waals surface area contributed by atoms with Crippen LogP contribution in [-0.4, -0.2) is 32.5 Å². The average Bonchev–Trinajstić information content (AvgIpc) is 2.62. The minimum absolute atomic E-state index is 0.306. The molecule has 0 aromatic heterocycles. The third-order valence-corrected chi connectivity index (χ3v) is 4.69. The van der Waals surface area contributed by atoms with Crippen LogP contribution in [0.3, 0.4) is 0 Å². The number of halogens is 1. The third kappa shape index (κ3) is 6.07. The van der Waals surface area contributed by atoms with E-state index in [0.717, 1.165) is 11.5 Å². The number of ether oxygens (including phenoxy) is 2. The third-order valence-electron chi connectivity index (χ3n) is 3.37.